The van der Waals surface area contributed by atoms with E-state index in [4.69, 9.17) is 4.74 Å². The van der Waals surface area contributed by atoms with Gasteiger partial charge in [0.15, 0.2) is 0 Å². The van der Waals surface area contributed by atoms with Gasteiger partial charge in [0.05, 0.1) is 7.11 Å². The second kappa shape index (κ2) is 6.37. The Balaban J connectivity index is 1.90. The fraction of sp³-hybridized carbons (Fsp3) is 0.312. The van der Waals surface area contributed by atoms with E-state index >= 15 is 0 Å². The third-order valence-electron chi connectivity index (χ3n) is 3.52. The van der Waals surface area contributed by atoms with Crippen molar-refractivity contribution < 1.29 is 4.74 Å². The highest BCUT2D eigenvalue weighted by molar-refractivity contribution is 8.22. The van der Waals surface area contributed by atoms with Gasteiger partial charge in [-0.1, -0.05) is 36.7 Å². The van der Waals surface area contributed by atoms with Gasteiger partial charge in [0.1, 0.15) is 11.6 Å². The van der Waals surface area contributed by atoms with Crippen LogP contribution in [0.3, 0.4) is 0 Å². The standard InChI is InChI=1S/C16H21N3OS/c1-3-4-8-18-21-15(12-16-17-9-10-19(16)21)13-6-5-7-14(11-13)20-2/h5-7,9-12,18,21H,3-4,8H2,1-2H3. The summed E-state index contributed by atoms with van der Waals surface area (Å²) in [6.45, 7) is 3.24. The number of unbranched alkanes of at least 4 members (excludes halogenated alkanes) is 1. The number of thiol groups is 1. The molecule has 3 rings (SSSR count). The number of rotatable bonds is 6. The van der Waals surface area contributed by atoms with Crippen LogP contribution in [0, 0.1) is 0 Å². The van der Waals surface area contributed by atoms with Crippen LogP contribution in [-0.4, -0.2) is 22.6 Å². The molecule has 0 bridgehead atoms. The lowest BCUT2D eigenvalue weighted by Gasteiger charge is -2.24. The SMILES string of the molecule is CCCCN[SH]1C(c2cccc(OC)c2)=Cc2nccn21. The first-order valence-electron chi connectivity index (χ1n) is 7.27. The third-order valence-corrected chi connectivity index (χ3v) is 5.65. The maximum Gasteiger partial charge on any atom is 0.143 e. The van der Waals surface area contributed by atoms with E-state index in [1.807, 2.05) is 18.3 Å². The van der Waals surface area contributed by atoms with Crippen molar-refractivity contribution >= 4 is 22.2 Å². The molecule has 112 valence electrons. The summed E-state index contributed by atoms with van der Waals surface area (Å²) in [4.78, 5) is 5.73. The van der Waals surface area contributed by atoms with Crippen molar-refractivity contribution in [3.8, 4) is 5.75 Å². The van der Waals surface area contributed by atoms with Crippen LogP contribution in [-0.2, 0) is 0 Å². The van der Waals surface area contributed by atoms with Crippen LogP contribution in [0.25, 0.3) is 11.0 Å². The summed E-state index contributed by atoms with van der Waals surface area (Å²) in [5.41, 5.74) is 1.20. The summed E-state index contributed by atoms with van der Waals surface area (Å²) in [6.07, 6.45) is 8.49. The average Bonchev–Trinajstić information content (AvgIpc) is 3.09. The zero-order valence-electron chi connectivity index (χ0n) is 12.4. The molecule has 1 atom stereocenters. The number of ether oxygens (including phenoxy) is 1. The van der Waals surface area contributed by atoms with E-state index in [0.717, 1.165) is 18.1 Å². The topological polar surface area (TPSA) is 39.1 Å². The van der Waals surface area contributed by atoms with Gasteiger partial charge in [-0.2, -0.15) is 0 Å². The molecule has 0 spiro atoms. The zero-order valence-corrected chi connectivity index (χ0v) is 13.3. The quantitative estimate of drug-likeness (QED) is 0.634. The van der Waals surface area contributed by atoms with Crippen molar-refractivity contribution in [3.63, 3.8) is 0 Å². The molecular weight excluding hydrogens is 282 g/mol. The van der Waals surface area contributed by atoms with E-state index in [2.05, 4.69) is 45.0 Å². The Labute approximate surface area is 128 Å². The van der Waals surface area contributed by atoms with Gasteiger partial charge in [-0.25, -0.2) is 4.98 Å². The molecule has 1 aliphatic rings. The molecule has 2 aromatic rings. The van der Waals surface area contributed by atoms with Crippen LogP contribution in [0.1, 0.15) is 31.2 Å². The molecule has 1 aliphatic heterocycles. The van der Waals surface area contributed by atoms with Crippen LogP contribution in [0.15, 0.2) is 36.7 Å². The van der Waals surface area contributed by atoms with Crippen molar-refractivity contribution in [1.82, 2.24) is 13.7 Å². The smallest absolute Gasteiger partial charge is 0.143 e. The second-order valence-electron chi connectivity index (χ2n) is 4.97. The number of nitrogens with one attached hydrogen (secondary N) is 1. The first-order chi connectivity index (χ1) is 10.3. The van der Waals surface area contributed by atoms with E-state index in [1.54, 1.807) is 7.11 Å². The second-order valence-corrected chi connectivity index (χ2v) is 6.82. The molecular formula is C16H21N3OS. The lowest BCUT2D eigenvalue weighted by atomic mass is 10.2. The Hall–Kier alpha value is -1.72. The van der Waals surface area contributed by atoms with Crippen molar-refractivity contribution in [2.45, 2.75) is 19.8 Å². The highest BCUT2D eigenvalue weighted by atomic mass is 32.2. The van der Waals surface area contributed by atoms with Crippen molar-refractivity contribution in [3.05, 3.63) is 48.0 Å². The number of fused-ring (bicyclic) bond motifs is 1. The summed E-state index contributed by atoms with van der Waals surface area (Å²) in [5.74, 6) is 1.92. The Bertz CT molecular complexity index is 650. The molecule has 0 amide bonds. The Morgan fingerprint density at radius 3 is 3.10 bits per heavy atom. The summed E-state index contributed by atoms with van der Waals surface area (Å²) in [6, 6.07) is 8.24. The van der Waals surface area contributed by atoms with Gasteiger partial charge in [0.25, 0.3) is 0 Å². The van der Waals surface area contributed by atoms with Crippen LogP contribution >= 0.6 is 11.3 Å². The predicted molar refractivity (Wildman–Crippen MR) is 90.4 cm³/mol. The van der Waals surface area contributed by atoms with Gasteiger partial charge in [-0.15, -0.1) is 0 Å². The minimum Gasteiger partial charge on any atom is -0.497 e. The maximum atomic E-state index is 5.34. The molecule has 2 heterocycles. The summed E-state index contributed by atoms with van der Waals surface area (Å²) in [7, 11) is 1.70. The number of aromatic nitrogens is 2. The number of methoxy groups -OCH3 is 1. The molecule has 1 unspecified atom stereocenters. The lowest BCUT2D eigenvalue weighted by Crippen LogP contribution is -2.15. The predicted octanol–water partition coefficient (Wildman–Crippen LogP) is 3.47. The number of imidazole rings is 1. The average molecular weight is 303 g/mol. The highest BCUT2D eigenvalue weighted by Crippen LogP contribution is 2.47. The fourth-order valence-electron chi connectivity index (χ4n) is 2.39. The molecule has 0 radical (unpaired) electrons. The van der Waals surface area contributed by atoms with Gasteiger partial charge in [0.2, 0.25) is 0 Å². The number of hydrogen-bond donors (Lipinski definition) is 2. The van der Waals surface area contributed by atoms with Crippen LogP contribution in [0.2, 0.25) is 0 Å². The maximum absolute atomic E-state index is 5.34. The van der Waals surface area contributed by atoms with Gasteiger partial charge in [-0.05, 0) is 30.2 Å². The summed E-state index contributed by atoms with van der Waals surface area (Å²) >= 11 is -0.583. The monoisotopic (exact) mass is 303 g/mol. The molecule has 1 N–H and O–H groups in total. The largest absolute Gasteiger partial charge is 0.497 e. The van der Waals surface area contributed by atoms with E-state index in [0.29, 0.717) is 0 Å². The molecule has 0 saturated heterocycles. The minimum absolute atomic E-state index is 0.583. The first-order valence-corrected chi connectivity index (χ1v) is 8.56. The zero-order chi connectivity index (χ0) is 14.7. The normalized spacial score (nSPS) is 18.4. The van der Waals surface area contributed by atoms with Crippen LogP contribution in [0.5, 0.6) is 5.75 Å². The van der Waals surface area contributed by atoms with Crippen molar-refractivity contribution in [2.24, 2.45) is 0 Å². The summed E-state index contributed by atoms with van der Waals surface area (Å²) in [5, 5.41) is 0. The molecule has 1 aromatic heterocycles. The highest BCUT2D eigenvalue weighted by Gasteiger charge is 2.22. The Morgan fingerprint density at radius 2 is 2.29 bits per heavy atom. The molecule has 0 saturated carbocycles. The molecule has 21 heavy (non-hydrogen) atoms. The minimum atomic E-state index is -0.583. The number of hydrogen-bond acceptors (Lipinski definition) is 3. The number of benzene rings is 1. The van der Waals surface area contributed by atoms with E-state index in [-0.39, 0.29) is 0 Å². The summed E-state index contributed by atoms with van der Waals surface area (Å²) < 4.78 is 11.3. The van der Waals surface area contributed by atoms with E-state index in [9.17, 15) is 0 Å². The van der Waals surface area contributed by atoms with Crippen LogP contribution in [0.4, 0.5) is 0 Å². The van der Waals surface area contributed by atoms with Gasteiger partial charge in [0, 0.05) is 23.8 Å². The van der Waals surface area contributed by atoms with Crippen molar-refractivity contribution in [1.29, 1.82) is 0 Å². The number of nitrogens with zero attached hydrogens (tertiary/aromatic N) is 2. The first kappa shape index (κ1) is 14.2. The molecule has 5 heteroatoms. The van der Waals surface area contributed by atoms with Crippen molar-refractivity contribution in [2.75, 3.05) is 13.7 Å². The lowest BCUT2D eigenvalue weighted by molar-refractivity contribution is 0.414. The van der Waals surface area contributed by atoms with Gasteiger partial charge >= 0.3 is 0 Å². The van der Waals surface area contributed by atoms with Crippen LogP contribution < -0.4 is 9.46 Å². The van der Waals surface area contributed by atoms with E-state index < -0.39 is 11.3 Å². The van der Waals surface area contributed by atoms with E-state index in [1.165, 1.54) is 23.3 Å². The Morgan fingerprint density at radius 1 is 1.38 bits per heavy atom. The Kier molecular flexibility index (Phi) is 4.31. The molecule has 0 fully saturated rings. The van der Waals surface area contributed by atoms with Gasteiger partial charge in [-0.3, -0.25) is 8.69 Å². The molecule has 0 aliphatic carbocycles. The fourth-order valence-corrected chi connectivity index (χ4v) is 4.44. The molecule has 1 aromatic carbocycles. The van der Waals surface area contributed by atoms with Gasteiger partial charge < -0.3 is 4.74 Å². The third kappa shape index (κ3) is 2.84. The molecule has 4 nitrogen and oxygen atoms in total.